The highest BCUT2D eigenvalue weighted by molar-refractivity contribution is 5.95. The van der Waals surface area contributed by atoms with E-state index in [2.05, 4.69) is 65.3 Å². The molecule has 5 heteroatoms. The molecule has 1 aliphatic rings. The lowest BCUT2D eigenvalue weighted by Crippen LogP contribution is -2.23. The van der Waals surface area contributed by atoms with Crippen LogP contribution in [0.25, 0.3) is 33.3 Å². The predicted molar refractivity (Wildman–Crippen MR) is 144 cm³/mol. The van der Waals surface area contributed by atoms with Crippen LogP contribution < -0.4 is 0 Å². The van der Waals surface area contributed by atoms with Gasteiger partial charge in [-0.2, -0.15) is 0 Å². The second-order valence-electron chi connectivity index (χ2n) is 10.2. The number of benzene rings is 1. The number of fused-ring (bicyclic) bond motifs is 1. The molecule has 1 saturated carbocycles. The second-order valence-corrected chi connectivity index (χ2v) is 10.2. The van der Waals surface area contributed by atoms with Gasteiger partial charge in [0.05, 0.1) is 28.5 Å². The zero-order valence-corrected chi connectivity index (χ0v) is 21.2. The molecule has 4 aromatic heterocycles. The first-order valence-electron chi connectivity index (χ1n) is 13.0. The lowest BCUT2D eigenvalue weighted by atomic mass is 9.82. The van der Waals surface area contributed by atoms with Crippen molar-refractivity contribution in [3.8, 4) is 22.3 Å². The number of nitrogens with zero attached hydrogens (tertiary/aromatic N) is 4. The Labute approximate surface area is 212 Å². The Morgan fingerprint density at radius 1 is 0.917 bits per heavy atom. The van der Waals surface area contributed by atoms with Crippen LogP contribution in [0, 0.1) is 26.7 Å². The summed E-state index contributed by atoms with van der Waals surface area (Å²) < 4.78 is 7.95. The van der Waals surface area contributed by atoms with Crippen molar-refractivity contribution in [3.63, 3.8) is 0 Å². The second kappa shape index (κ2) is 9.38. The van der Waals surface area contributed by atoms with Crippen molar-refractivity contribution in [1.29, 1.82) is 0 Å². The molecule has 0 aliphatic heterocycles. The Morgan fingerprint density at radius 3 is 2.42 bits per heavy atom. The van der Waals surface area contributed by atoms with Crippen molar-refractivity contribution in [2.75, 3.05) is 0 Å². The molecule has 0 saturated heterocycles. The van der Waals surface area contributed by atoms with Gasteiger partial charge in [-0.1, -0.05) is 60.3 Å². The van der Waals surface area contributed by atoms with Gasteiger partial charge in [0.2, 0.25) is 0 Å². The summed E-state index contributed by atoms with van der Waals surface area (Å²) in [6.07, 6.45) is 12.5. The standard InChI is InChI=1S/C31H32N4O/c1-20-12-14-23(15-13-20)26-19-35(31(24-9-5-4-6-10-24)27-11-7-8-16-32-27)28-17-25(18-33-30(26)28)29-21(2)34-36-22(29)3/h7-8,11-19,24,31H,4-6,9-10H2,1-3H3/t31-/m1/s1. The monoisotopic (exact) mass is 476 g/mol. The fourth-order valence-electron chi connectivity index (χ4n) is 5.95. The zero-order chi connectivity index (χ0) is 24.6. The first-order chi connectivity index (χ1) is 17.6. The van der Waals surface area contributed by atoms with Crippen LogP contribution in [0.3, 0.4) is 0 Å². The van der Waals surface area contributed by atoms with E-state index in [-0.39, 0.29) is 6.04 Å². The highest BCUT2D eigenvalue weighted by atomic mass is 16.5. The number of hydrogen-bond acceptors (Lipinski definition) is 4. The molecule has 5 aromatic rings. The third-order valence-electron chi connectivity index (χ3n) is 7.74. The highest BCUT2D eigenvalue weighted by Gasteiger charge is 2.30. The molecule has 36 heavy (non-hydrogen) atoms. The number of aromatic nitrogens is 4. The molecule has 0 bridgehead atoms. The maximum atomic E-state index is 5.50. The van der Waals surface area contributed by atoms with Gasteiger partial charge in [-0.25, -0.2) is 0 Å². The van der Waals surface area contributed by atoms with E-state index in [1.807, 2.05) is 32.3 Å². The third-order valence-corrected chi connectivity index (χ3v) is 7.74. The molecule has 1 aliphatic carbocycles. The van der Waals surface area contributed by atoms with Crippen LogP contribution in [-0.4, -0.2) is 19.7 Å². The first-order valence-corrected chi connectivity index (χ1v) is 13.0. The van der Waals surface area contributed by atoms with Crippen LogP contribution >= 0.6 is 0 Å². The lowest BCUT2D eigenvalue weighted by Gasteiger charge is -2.31. The van der Waals surface area contributed by atoms with Gasteiger partial charge in [-0.3, -0.25) is 9.97 Å². The van der Waals surface area contributed by atoms with E-state index in [0.29, 0.717) is 5.92 Å². The molecule has 0 unspecified atom stereocenters. The predicted octanol–water partition coefficient (Wildman–Crippen LogP) is 7.85. The van der Waals surface area contributed by atoms with Gasteiger partial charge in [0.15, 0.2) is 0 Å². The minimum atomic E-state index is 0.162. The molecule has 0 N–H and O–H groups in total. The van der Waals surface area contributed by atoms with Gasteiger partial charge in [0, 0.05) is 35.3 Å². The van der Waals surface area contributed by atoms with E-state index in [0.717, 1.165) is 44.9 Å². The van der Waals surface area contributed by atoms with Gasteiger partial charge >= 0.3 is 0 Å². The molecule has 0 radical (unpaired) electrons. The summed E-state index contributed by atoms with van der Waals surface area (Å²) in [4.78, 5) is 9.91. The Kier molecular flexibility index (Phi) is 5.92. The average molecular weight is 477 g/mol. The van der Waals surface area contributed by atoms with Crippen molar-refractivity contribution in [1.82, 2.24) is 19.7 Å². The maximum Gasteiger partial charge on any atom is 0.141 e. The summed E-state index contributed by atoms with van der Waals surface area (Å²) in [5, 5.41) is 4.19. The number of rotatable bonds is 5. The highest BCUT2D eigenvalue weighted by Crippen LogP contribution is 2.42. The van der Waals surface area contributed by atoms with Gasteiger partial charge in [-0.05, 0) is 63.3 Å². The van der Waals surface area contributed by atoms with Gasteiger partial charge in [0.25, 0.3) is 0 Å². The fraction of sp³-hybridized carbons (Fsp3) is 0.323. The van der Waals surface area contributed by atoms with E-state index in [1.165, 1.54) is 43.2 Å². The Bertz CT molecular complexity index is 1470. The normalized spacial score (nSPS) is 15.4. The lowest BCUT2D eigenvalue weighted by molar-refractivity contribution is 0.279. The van der Waals surface area contributed by atoms with Crippen LogP contribution in [0.4, 0.5) is 0 Å². The van der Waals surface area contributed by atoms with Crippen LogP contribution in [0.15, 0.2) is 71.6 Å². The first kappa shape index (κ1) is 22.7. The van der Waals surface area contributed by atoms with Crippen LogP contribution in [-0.2, 0) is 0 Å². The van der Waals surface area contributed by atoms with Crippen molar-refractivity contribution < 1.29 is 4.52 Å². The fourth-order valence-corrected chi connectivity index (χ4v) is 5.95. The molecule has 6 rings (SSSR count). The Balaban J connectivity index is 1.61. The Hall–Kier alpha value is -3.73. The molecule has 0 spiro atoms. The van der Waals surface area contributed by atoms with Crippen LogP contribution in [0.1, 0.15) is 60.9 Å². The average Bonchev–Trinajstić information content (AvgIpc) is 3.45. The summed E-state index contributed by atoms with van der Waals surface area (Å²) in [6.45, 7) is 6.09. The van der Waals surface area contributed by atoms with E-state index in [9.17, 15) is 0 Å². The number of hydrogen-bond donors (Lipinski definition) is 0. The Morgan fingerprint density at radius 2 is 1.72 bits per heavy atom. The summed E-state index contributed by atoms with van der Waals surface area (Å²) in [5.41, 5.74) is 9.83. The maximum absolute atomic E-state index is 5.50. The summed E-state index contributed by atoms with van der Waals surface area (Å²) in [7, 11) is 0. The molecular formula is C31H32N4O. The molecular weight excluding hydrogens is 444 g/mol. The third kappa shape index (κ3) is 4.02. The summed E-state index contributed by atoms with van der Waals surface area (Å²) in [5.74, 6) is 1.36. The van der Waals surface area contributed by atoms with Crippen molar-refractivity contribution in [3.05, 3.63) is 89.8 Å². The largest absolute Gasteiger partial charge is 0.361 e. The molecule has 4 heterocycles. The van der Waals surface area contributed by atoms with Crippen LogP contribution in [0.5, 0.6) is 0 Å². The number of pyridine rings is 2. The molecule has 1 atom stereocenters. The van der Waals surface area contributed by atoms with E-state index in [4.69, 9.17) is 14.5 Å². The quantitative estimate of drug-likeness (QED) is 0.259. The topological polar surface area (TPSA) is 56.7 Å². The molecule has 1 fully saturated rings. The minimum absolute atomic E-state index is 0.162. The molecule has 182 valence electrons. The van der Waals surface area contributed by atoms with Crippen molar-refractivity contribution in [2.45, 2.75) is 58.9 Å². The van der Waals surface area contributed by atoms with E-state index >= 15 is 0 Å². The van der Waals surface area contributed by atoms with Crippen molar-refractivity contribution >= 4 is 11.0 Å². The van der Waals surface area contributed by atoms with Crippen molar-refractivity contribution in [2.24, 2.45) is 5.92 Å². The SMILES string of the molecule is Cc1ccc(-c2cn([C@@H](c3ccccn3)C3CCCCC3)c3cc(-c4c(C)noc4C)cnc23)cc1. The molecule has 5 nitrogen and oxygen atoms in total. The zero-order valence-electron chi connectivity index (χ0n) is 21.2. The van der Waals surface area contributed by atoms with E-state index < -0.39 is 0 Å². The molecule has 1 aromatic carbocycles. The summed E-state index contributed by atoms with van der Waals surface area (Å²) in [6, 6.07) is 17.5. The minimum Gasteiger partial charge on any atom is -0.361 e. The smallest absolute Gasteiger partial charge is 0.141 e. The van der Waals surface area contributed by atoms with E-state index in [1.54, 1.807) is 0 Å². The van der Waals surface area contributed by atoms with Gasteiger partial charge in [0.1, 0.15) is 5.76 Å². The number of aryl methyl sites for hydroxylation is 3. The molecule has 0 amide bonds. The van der Waals surface area contributed by atoms with Gasteiger partial charge in [-0.15, -0.1) is 0 Å². The van der Waals surface area contributed by atoms with Crippen LogP contribution in [0.2, 0.25) is 0 Å². The summed E-state index contributed by atoms with van der Waals surface area (Å²) >= 11 is 0. The van der Waals surface area contributed by atoms with Gasteiger partial charge < -0.3 is 9.09 Å².